The molecule has 150 valence electrons. The van der Waals surface area contributed by atoms with E-state index in [1.807, 2.05) is 0 Å². The Labute approximate surface area is 162 Å². The molecule has 27 heavy (non-hydrogen) atoms. The van der Waals surface area contributed by atoms with Crippen LogP contribution >= 0.6 is 0 Å². The molecule has 0 spiro atoms. The highest BCUT2D eigenvalue weighted by molar-refractivity contribution is 7.90. The summed E-state index contributed by atoms with van der Waals surface area (Å²) in [6.07, 6.45) is 9.31. The Morgan fingerprint density at radius 3 is 1.81 bits per heavy atom. The van der Waals surface area contributed by atoms with Gasteiger partial charge in [-0.1, -0.05) is 25.7 Å². The average Bonchev–Trinajstić information content (AvgIpc) is 3.25. The fraction of sp³-hybridized carbons (Fsp3) is 0.684. The van der Waals surface area contributed by atoms with Crippen molar-refractivity contribution in [3.63, 3.8) is 0 Å². The van der Waals surface area contributed by atoms with Crippen molar-refractivity contribution in [3.8, 4) is 0 Å². The van der Waals surface area contributed by atoms with Crippen molar-refractivity contribution in [2.24, 2.45) is 11.8 Å². The van der Waals surface area contributed by atoms with Gasteiger partial charge in [-0.25, -0.2) is 26.3 Å². The van der Waals surface area contributed by atoms with Crippen LogP contribution in [-0.2, 0) is 20.0 Å². The number of hydrogen-bond donors (Lipinski definition) is 2. The highest BCUT2D eigenvalue weighted by Gasteiger charge is 2.41. The fourth-order valence-corrected chi connectivity index (χ4v) is 7.58. The van der Waals surface area contributed by atoms with Crippen LogP contribution in [0.1, 0.15) is 57.8 Å². The molecule has 3 saturated carbocycles. The number of fused-ring (bicyclic) bond motifs is 2. The first-order valence-electron chi connectivity index (χ1n) is 9.98. The van der Waals surface area contributed by atoms with E-state index in [9.17, 15) is 16.8 Å². The lowest BCUT2D eigenvalue weighted by Crippen LogP contribution is -2.38. The summed E-state index contributed by atoms with van der Waals surface area (Å²) in [4.78, 5) is 0.244. The van der Waals surface area contributed by atoms with E-state index in [0.717, 1.165) is 51.4 Å². The minimum absolute atomic E-state index is 0.0186. The highest BCUT2D eigenvalue weighted by Crippen LogP contribution is 2.44. The summed E-state index contributed by atoms with van der Waals surface area (Å²) in [6, 6.07) is 5.56. The predicted octanol–water partition coefficient (Wildman–Crippen LogP) is 2.76. The summed E-state index contributed by atoms with van der Waals surface area (Å²) < 4.78 is 56.0. The average molecular weight is 413 g/mol. The van der Waals surface area contributed by atoms with Crippen LogP contribution in [-0.4, -0.2) is 28.9 Å². The van der Waals surface area contributed by atoms with Crippen LogP contribution in [0.15, 0.2) is 34.1 Å². The SMILES string of the molecule is O=S(=O)(NC1CCCCC1)c1ccc(S(=O)(=O)N[C@H]2C[C@H]3CC[C@H]2C3)cc1. The normalized spacial score (nSPS) is 29.3. The Kier molecular flexibility index (Phi) is 5.35. The van der Waals surface area contributed by atoms with Crippen LogP contribution in [0.4, 0.5) is 0 Å². The second-order valence-electron chi connectivity index (χ2n) is 8.33. The molecule has 0 amide bonds. The molecule has 0 unspecified atom stereocenters. The molecule has 2 N–H and O–H groups in total. The molecule has 0 saturated heterocycles. The fourth-order valence-electron chi connectivity index (χ4n) is 4.96. The second kappa shape index (κ2) is 7.46. The molecule has 0 aromatic heterocycles. The van der Waals surface area contributed by atoms with Crippen molar-refractivity contribution in [2.45, 2.75) is 79.7 Å². The number of nitrogens with one attached hydrogen (secondary N) is 2. The van der Waals surface area contributed by atoms with Gasteiger partial charge in [-0.15, -0.1) is 0 Å². The number of sulfonamides is 2. The van der Waals surface area contributed by atoms with Crippen molar-refractivity contribution in [1.82, 2.24) is 9.44 Å². The molecule has 3 fully saturated rings. The number of hydrogen-bond acceptors (Lipinski definition) is 4. The van der Waals surface area contributed by atoms with Crippen molar-refractivity contribution in [3.05, 3.63) is 24.3 Å². The Balaban J connectivity index is 1.44. The third-order valence-corrected chi connectivity index (χ3v) is 9.46. The molecular formula is C19H28N2O4S2. The van der Waals surface area contributed by atoms with Gasteiger partial charge in [0.1, 0.15) is 0 Å². The molecule has 0 radical (unpaired) electrons. The molecule has 3 atom stereocenters. The minimum atomic E-state index is -3.62. The summed E-state index contributed by atoms with van der Waals surface area (Å²) >= 11 is 0. The Hall–Kier alpha value is -0.960. The Morgan fingerprint density at radius 2 is 1.30 bits per heavy atom. The summed E-state index contributed by atoms with van der Waals surface area (Å²) in [5.74, 6) is 1.10. The zero-order valence-electron chi connectivity index (χ0n) is 15.4. The number of rotatable bonds is 6. The van der Waals surface area contributed by atoms with Crippen LogP contribution in [0.25, 0.3) is 0 Å². The molecule has 4 rings (SSSR count). The number of benzene rings is 1. The van der Waals surface area contributed by atoms with Crippen LogP contribution in [0.2, 0.25) is 0 Å². The Morgan fingerprint density at radius 1 is 0.704 bits per heavy atom. The van der Waals surface area contributed by atoms with Crippen LogP contribution in [0.5, 0.6) is 0 Å². The van der Waals surface area contributed by atoms with Gasteiger partial charge < -0.3 is 0 Å². The van der Waals surface area contributed by atoms with E-state index in [2.05, 4.69) is 9.44 Å². The van der Waals surface area contributed by atoms with Crippen LogP contribution in [0, 0.1) is 11.8 Å². The van der Waals surface area contributed by atoms with Gasteiger partial charge in [0, 0.05) is 12.1 Å². The monoisotopic (exact) mass is 412 g/mol. The first kappa shape index (κ1) is 19.4. The van der Waals surface area contributed by atoms with Crippen molar-refractivity contribution < 1.29 is 16.8 Å². The van der Waals surface area contributed by atoms with Crippen molar-refractivity contribution in [1.29, 1.82) is 0 Å². The third-order valence-electron chi connectivity index (χ3n) is 6.42. The molecule has 0 heterocycles. The summed E-state index contributed by atoms with van der Waals surface area (Å²) in [5, 5.41) is 0. The van der Waals surface area contributed by atoms with Gasteiger partial charge in [-0.2, -0.15) is 0 Å². The molecular weight excluding hydrogens is 384 g/mol. The lowest BCUT2D eigenvalue weighted by molar-refractivity contribution is 0.390. The first-order chi connectivity index (χ1) is 12.8. The molecule has 1 aromatic rings. The van der Waals surface area contributed by atoms with E-state index in [0.29, 0.717) is 11.8 Å². The van der Waals surface area contributed by atoms with E-state index in [1.165, 1.54) is 30.7 Å². The maximum Gasteiger partial charge on any atom is 0.240 e. The standard InChI is InChI=1S/C19H28N2O4S2/c22-26(23,20-16-4-2-1-3-5-16)17-8-10-18(11-9-17)27(24,25)21-19-13-14-6-7-15(19)12-14/h8-11,14-16,19-21H,1-7,12-13H2/t14-,15-,19-/m0/s1. The first-order valence-corrected chi connectivity index (χ1v) is 12.9. The largest absolute Gasteiger partial charge is 0.240 e. The molecule has 8 heteroatoms. The highest BCUT2D eigenvalue weighted by atomic mass is 32.2. The molecule has 1 aromatic carbocycles. The van der Waals surface area contributed by atoms with Gasteiger partial charge in [-0.3, -0.25) is 0 Å². The van der Waals surface area contributed by atoms with E-state index in [1.54, 1.807) is 0 Å². The zero-order valence-corrected chi connectivity index (χ0v) is 17.1. The van der Waals surface area contributed by atoms with E-state index in [4.69, 9.17) is 0 Å². The third kappa shape index (κ3) is 4.23. The molecule has 3 aliphatic rings. The molecule has 2 bridgehead atoms. The zero-order chi connectivity index (χ0) is 19.1. The maximum absolute atomic E-state index is 12.7. The predicted molar refractivity (Wildman–Crippen MR) is 103 cm³/mol. The van der Waals surface area contributed by atoms with Crippen LogP contribution < -0.4 is 9.44 Å². The van der Waals surface area contributed by atoms with E-state index in [-0.39, 0.29) is 21.9 Å². The van der Waals surface area contributed by atoms with Crippen LogP contribution in [0.3, 0.4) is 0 Å². The van der Waals surface area contributed by atoms with Crippen molar-refractivity contribution in [2.75, 3.05) is 0 Å². The Bertz CT molecular complexity index is 875. The lowest BCUT2D eigenvalue weighted by Gasteiger charge is -2.23. The topological polar surface area (TPSA) is 92.3 Å². The van der Waals surface area contributed by atoms with Gasteiger partial charge in [0.25, 0.3) is 0 Å². The quantitative estimate of drug-likeness (QED) is 0.751. The molecule has 0 aliphatic heterocycles. The molecule has 6 nitrogen and oxygen atoms in total. The van der Waals surface area contributed by atoms with Gasteiger partial charge in [-0.05, 0) is 68.2 Å². The minimum Gasteiger partial charge on any atom is -0.208 e. The van der Waals surface area contributed by atoms with Gasteiger partial charge >= 0.3 is 0 Å². The summed E-state index contributed by atoms with van der Waals surface area (Å²) in [5.41, 5.74) is 0. The molecule has 3 aliphatic carbocycles. The second-order valence-corrected chi connectivity index (χ2v) is 11.8. The smallest absolute Gasteiger partial charge is 0.208 e. The maximum atomic E-state index is 12.7. The van der Waals surface area contributed by atoms with Crippen molar-refractivity contribution >= 4 is 20.0 Å². The lowest BCUT2D eigenvalue weighted by atomic mass is 9.96. The van der Waals surface area contributed by atoms with E-state index < -0.39 is 20.0 Å². The summed E-state index contributed by atoms with van der Waals surface area (Å²) in [6.45, 7) is 0. The van der Waals surface area contributed by atoms with E-state index >= 15 is 0 Å². The van der Waals surface area contributed by atoms with Gasteiger partial charge in [0.2, 0.25) is 20.0 Å². The van der Waals surface area contributed by atoms with Gasteiger partial charge in [0.05, 0.1) is 9.79 Å². The summed E-state index contributed by atoms with van der Waals surface area (Å²) in [7, 11) is -7.24. The van der Waals surface area contributed by atoms with Gasteiger partial charge in [0.15, 0.2) is 0 Å².